The maximum atomic E-state index is 12.5. The van der Waals surface area contributed by atoms with Crippen LogP contribution in [-0.4, -0.2) is 44.1 Å². The second kappa shape index (κ2) is 7.00. The Morgan fingerprint density at radius 2 is 2.00 bits per heavy atom. The normalized spacial score (nSPS) is 18.4. The number of hydrogen-bond acceptors (Lipinski definition) is 5. The molecule has 2 aliphatic heterocycles. The molecule has 2 aliphatic rings. The third kappa shape index (κ3) is 3.46. The summed E-state index contributed by atoms with van der Waals surface area (Å²) in [6.07, 6.45) is 6.99. The Morgan fingerprint density at radius 1 is 1.16 bits per heavy atom. The van der Waals surface area contributed by atoms with Gasteiger partial charge in [-0.3, -0.25) is 14.0 Å². The van der Waals surface area contributed by atoms with Crippen molar-refractivity contribution in [2.75, 3.05) is 24.6 Å². The molecule has 0 bridgehead atoms. The van der Waals surface area contributed by atoms with Crippen molar-refractivity contribution in [2.45, 2.75) is 45.2 Å². The van der Waals surface area contributed by atoms with Crippen LogP contribution in [-0.2, 0) is 19.5 Å². The Kier molecular flexibility index (Phi) is 4.57. The first-order valence-electron chi connectivity index (χ1n) is 9.21. The number of aliphatic hydroxyl groups is 1. The van der Waals surface area contributed by atoms with Crippen molar-refractivity contribution in [3.63, 3.8) is 0 Å². The van der Waals surface area contributed by atoms with Gasteiger partial charge in [-0.15, -0.1) is 0 Å². The van der Waals surface area contributed by atoms with Gasteiger partial charge >= 0.3 is 0 Å². The summed E-state index contributed by atoms with van der Waals surface area (Å²) in [6, 6.07) is 3.73. The minimum Gasteiger partial charge on any atom is -0.396 e. The Balaban J connectivity index is 1.47. The van der Waals surface area contributed by atoms with Crippen LogP contribution in [0, 0.1) is 5.92 Å². The standard InChI is InChI=1S/C18H25N5O2/c24-12-14-4-7-21(8-5-14)17-10-18(25)22(13-19-17)11-15-9-16-3-1-2-6-23(16)20-15/h9-10,13-14,24H,1-8,11-12H2. The number of anilines is 1. The Hall–Kier alpha value is -2.15. The highest BCUT2D eigenvalue weighted by atomic mass is 16.3. The average Bonchev–Trinajstić information content (AvgIpc) is 3.06. The Bertz CT molecular complexity index is 766. The van der Waals surface area contributed by atoms with Crippen LogP contribution in [0.3, 0.4) is 0 Å². The van der Waals surface area contributed by atoms with E-state index in [1.54, 1.807) is 17.0 Å². The SMILES string of the molecule is O=c1cc(N2CCC(CO)CC2)ncn1Cc1cc2n(n1)CCCC2. The quantitative estimate of drug-likeness (QED) is 0.897. The van der Waals surface area contributed by atoms with E-state index in [9.17, 15) is 9.90 Å². The van der Waals surface area contributed by atoms with Crippen molar-refractivity contribution < 1.29 is 5.11 Å². The van der Waals surface area contributed by atoms with Gasteiger partial charge in [0.1, 0.15) is 12.1 Å². The molecule has 25 heavy (non-hydrogen) atoms. The van der Waals surface area contributed by atoms with Crippen LogP contribution in [0.25, 0.3) is 0 Å². The Labute approximate surface area is 146 Å². The molecule has 0 spiro atoms. The monoisotopic (exact) mass is 343 g/mol. The second-order valence-corrected chi connectivity index (χ2v) is 7.13. The molecule has 1 N–H and O–H groups in total. The molecule has 0 saturated carbocycles. The molecule has 0 amide bonds. The third-order valence-corrected chi connectivity index (χ3v) is 5.36. The predicted octanol–water partition coefficient (Wildman–Crippen LogP) is 1.03. The molecule has 0 unspecified atom stereocenters. The number of piperidine rings is 1. The predicted molar refractivity (Wildman–Crippen MR) is 94.8 cm³/mol. The smallest absolute Gasteiger partial charge is 0.255 e. The summed E-state index contributed by atoms with van der Waals surface area (Å²) in [5.41, 5.74) is 2.16. The van der Waals surface area contributed by atoms with Gasteiger partial charge in [0.05, 0.1) is 12.2 Å². The summed E-state index contributed by atoms with van der Waals surface area (Å²) in [7, 11) is 0. The molecule has 1 fully saturated rings. The minimum absolute atomic E-state index is 0.0414. The molecule has 0 atom stereocenters. The molecule has 0 aliphatic carbocycles. The number of fused-ring (bicyclic) bond motifs is 1. The van der Waals surface area contributed by atoms with E-state index in [4.69, 9.17) is 0 Å². The van der Waals surface area contributed by atoms with Crippen molar-refractivity contribution >= 4 is 5.82 Å². The number of aryl methyl sites for hydroxylation is 2. The number of aromatic nitrogens is 4. The molecule has 7 heteroatoms. The van der Waals surface area contributed by atoms with Crippen LogP contribution in [0.2, 0.25) is 0 Å². The van der Waals surface area contributed by atoms with Crippen LogP contribution in [0.1, 0.15) is 37.1 Å². The molecule has 0 radical (unpaired) electrons. The topological polar surface area (TPSA) is 76.2 Å². The van der Waals surface area contributed by atoms with Crippen molar-refractivity contribution in [3.8, 4) is 0 Å². The van der Waals surface area contributed by atoms with E-state index >= 15 is 0 Å². The van der Waals surface area contributed by atoms with Gasteiger partial charge in [0, 0.05) is 38.0 Å². The second-order valence-electron chi connectivity index (χ2n) is 7.13. The maximum Gasteiger partial charge on any atom is 0.255 e. The summed E-state index contributed by atoms with van der Waals surface area (Å²) in [5.74, 6) is 1.12. The number of aliphatic hydroxyl groups excluding tert-OH is 1. The average molecular weight is 343 g/mol. The summed E-state index contributed by atoms with van der Waals surface area (Å²) in [6.45, 7) is 3.38. The molecule has 4 heterocycles. The summed E-state index contributed by atoms with van der Waals surface area (Å²) in [5, 5.41) is 13.8. The molecule has 4 rings (SSSR count). The lowest BCUT2D eigenvalue weighted by molar-refractivity contribution is 0.202. The van der Waals surface area contributed by atoms with Crippen LogP contribution in [0.4, 0.5) is 5.82 Å². The van der Waals surface area contributed by atoms with Gasteiger partial charge in [-0.25, -0.2) is 4.98 Å². The highest BCUT2D eigenvalue weighted by Crippen LogP contribution is 2.20. The lowest BCUT2D eigenvalue weighted by Crippen LogP contribution is -2.36. The summed E-state index contributed by atoms with van der Waals surface area (Å²) in [4.78, 5) is 19.1. The highest BCUT2D eigenvalue weighted by Gasteiger charge is 2.20. The summed E-state index contributed by atoms with van der Waals surface area (Å²) >= 11 is 0. The first kappa shape index (κ1) is 16.3. The van der Waals surface area contributed by atoms with Crippen LogP contribution in [0.5, 0.6) is 0 Å². The van der Waals surface area contributed by atoms with Crippen molar-refractivity contribution in [2.24, 2.45) is 5.92 Å². The van der Waals surface area contributed by atoms with E-state index in [1.807, 2.05) is 0 Å². The van der Waals surface area contributed by atoms with Crippen LogP contribution >= 0.6 is 0 Å². The largest absolute Gasteiger partial charge is 0.396 e. The van der Waals surface area contributed by atoms with Gasteiger partial charge < -0.3 is 10.0 Å². The zero-order valence-corrected chi connectivity index (χ0v) is 14.5. The number of hydrogen-bond donors (Lipinski definition) is 1. The number of rotatable bonds is 4. The van der Waals surface area contributed by atoms with Gasteiger partial charge in [-0.2, -0.15) is 5.10 Å². The van der Waals surface area contributed by atoms with E-state index in [1.165, 1.54) is 18.5 Å². The van der Waals surface area contributed by atoms with Crippen molar-refractivity contribution in [1.82, 2.24) is 19.3 Å². The lowest BCUT2D eigenvalue weighted by Gasteiger charge is -2.31. The fourth-order valence-corrected chi connectivity index (χ4v) is 3.78. The van der Waals surface area contributed by atoms with Crippen LogP contribution in [0.15, 0.2) is 23.3 Å². The highest BCUT2D eigenvalue weighted by molar-refractivity contribution is 5.37. The zero-order chi connectivity index (χ0) is 17.2. The molecular formula is C18H25N5O2. The van der Waals surface area contributed by atoms with E-state index in [0.29, 0.717) is 12.5 Å². The maximum absolute atomic E-state index is 12.5. The first-order chi connectivity index (χ1) is 12.2. The fourth-order valence-electron chi connectivity index (χ4n) is 3.78. The van der Waals surface area contributed by atoms with Gasteiger partial charge in [0.25, 0.3) is 5.56 Å². The third-order valence-electron chi connectivity index (χ3n) is 5.36. The molecule has 2 aromatic rings. The van der Waals surface area contributed by atoms with Crippen LogP contribution < -0.4 is 10.5 Å². The molecule has 7 nitrogen and oxygen atoms in total. The number of nitrogens with zero attached hydrogens (tertiary/aromatic N) is 5. The molecule has 2 aromatic heterocycles. The first-order valence-corrected chi connectivity index (χ1v) is 9.21. The van der Waals surface area contributed by atoms with Crippen molar-refractivity contribution in [1.29, 1.82) is 0 Å². The van der Waals surface area contributed by atoms with Gasteiger partial charge in [0.2, 0.25) is 0 Å². The van der Waals surface area contributed by atoms with Gasteiger partial charge in [0.15, 0.2) is 0 Å². The lowest BCUT2D eigenvalue weighted by atomic mass is 9.98. The van der Waals surface area contributed by atoms with Crippen molar-refractivity contribution in [3.05, 3.63) is 40.2 Å². The van der Waals surface area contributed by atoms with Gasteiger partial charge in [-0.1, -0.05) is 0 Å². The molecular weight excluding hydrogens is 318 g/mol. The fraction of sp³-hybridized carbons (Fsp3) is 0.611. The minimum atomic E-state index is -0.0414. The van der Waals surface area contributed by atoms with E-state index in [2.05, 4.69) is 25.7 Å². The zero-order valence-electron chi connectivity index (χ0n) is 14.5. The molecule has 1 saturated heterocycles. The van der Waals surface area contributed by atoms with E-state index in [-0.39, 0.29) is 12.2 Å². The Morgan fingerprint density at radius 3 is 2.72 bits per heavy atom. The van der Waals surface area contributed by atoms with E-state index in [0.717, 1.165) is 50.4 Å². The van der Waals surface area contributed by atoms with E-state index < -0.39 is 0 Å². The molecule has 134 valence electrons. The molecule has 0 aromatic carbocycles. The summed E-state index contributed by atoms with van der Waals surface area (Å²) < 4.78 is 3.69. The van der Waals surface area contributed by atoms with Gasteiger partial charge in [-0.05, 0) is 44.1 Å².